The maximum absolute atomic E-state index is 13.3. The second-order valence-corrected chi connectivity index (χ2v) is 4.33. The van der Waals surface area contributed by atoms with Crippen molar-refractivity contribution < 1.29 is 13.9 Å². The number of hydrogen-bond donors (Lipinski definition) is 0. The highest BCUT2D eigenvalue weighted by atomic mass is 35.5. The molecule has 0 aliphatic carbocycles. The van der Waals surface area contributed by atoms with Gasteiger partial charge in [0.2, 0.25) is 0 Å². The third kappa shape index (κ3) is 3.83. The molecule has 1 aromatic carbocycles. The molecule has 0 unspecified atom stereocenters. The maximum Gasteiger partial charge on any atom is 0.255 e. The van der Waals surface area contributed by atoms with Crippen molar-refractivity contribution in [1.29, 1.82) is 0 Å². The topological polar surface area (TPSA) is 29.5 Å². The molecule has 3 nitrogen and oxygen atoms in total. The summed E-state index contributed by atoms with van der Waals surface area (Å²) in [4.78, 5) is 13.7. The van der Waals surface area contributed by atoms with Crippen molar-refractivity contribution in [2.45, 2.75) is 0 Å². The molecule has 0 aliphatic rings. The van der Waals surface area contributed by atoms with Crippen molar-refractivity contribution in [3.8, 4) is 0 Å². The standard InChI is InChI=1S/C12H14Cl2FNO2/c1-18-8-7-16(6-5-13)12(17)9-3-2-4-10(15)11(9)14/h2-4H,5-8H2,1H3. The Hall–Kier alpha value is -0.840. The first-order valence-electron chi connectivity index (χ1n) is 5.40. The summed E-state index contributed by atoms with van der Waals surface area (Å²) < 4.78 is 18.2. The number of hydrogen-bond acceptors (Lipinski definition) is 2. The summed E-state index contributed by atoms with van der Waals surface area (Å²) in [5.74, 6) is -0.667. The SMILES string of the molecule is COCCN(CCCl)C(=O)c1cccc(F)c1Cl. The van der Waals surface area contributed by atoms with E-state index in [1.807, 2.05) is 0 Å². The van der Waals surface area contributed by atoms with E-state index in [4.69, 9.17) is 27.9 Å². The zero-order chi connectivity index (χ0) is 13.5. The first-order valence-corrected chi connectivity index (χ1v) is 6.31. The molecule has 0 heterocycles. The fraction of sp³-hybridized carbons (Fsp3) is 0.417. The maximum atomic E-state index is 13.3. The summed E-state index contributed by atoms with van der Waals surface area (Å²) in [6.45, 7) is 1.13. The molecule has 6 heteroatoms. The lowest BCUT2D eigenvalue weighted by molar-refractivity contribution is 0.0707. The van der Waals surface area contributed by atoms with Gasteiger partial charge in [0.05, 0.1) is 17.2 Å². The molecule has 1 amide bonds. The number of benzene rings is 1. The van der Waals surface area contributed by atoms with Gasteiger partial charge < -0.3 is 9.64 Å². The minimum atomic E-state index is -0.611. The molecule has 0 saturated carbocycles. The Bertz CT molecular complexity index is 415. The molecule has 0 aromatic heterocycles. The molecule has 0 N–H and O–H groups in total. The Labute approximate surface area is 115 Å². The lowest BCUT2D eigenvalue weighted by atomic mass is 10.2. The number of methoxy groups -OCH3 is 1. The molecule has 18 heavy (non-hydrogen) atoms. The number of halogens is 3. The average molecular weight is 294 g/mol. The smallest absolute Gasteiger partial charge is 0.255 e. The van der Waals surface area contributed by atoms with E-state index in [0.29, 0.717) is 25.6 Å². The summed E-state index contributed by atoms with van der Waals surface area (Å²) in [5.41, 5.74) is 0.137. The second kappa shape index (κ2) is 7.56. The van der Waals surface area contributed by atoms with Crippen molar-refractivity contribution in [1.82, 2.24) is 4.90 Å². The van der Waals surface area contributed by atoms with E-state index in [2.05, 4.69) is 0 Å². The minimum Gasteiger partial charge on any atom is -0.383 e. The van der Waals surface area contributed by atoms with Gasteiger partial charge in [-0.3, -0.25) is 4.79 Å². The third-order valence-corrected chi connectivity index (χ3v) is 2.94. The zero-order valence-electron chi connectivity index (χ0n) is 9.96. The molecule has 0 saturated heterocycles. The van der Waals surface area contributed by atoms with E-state index >= 15 is 0 Å². The van der Waals surface area contributed by atoms with Crippen LogP contribution in [0.15, 0.2) is 18.2 Å². The summed E-state index contributed by atoms with van der Waals surface area (Å²) in [7, 11) is 1.54. The number of rotatable bonds is 6. The van der Waals surface area contributed by atoms with Gasteiger partial charge in [-0.1, -0.05) is 17.7 Å². The second-order valence-electron chi connectivity index (χ2n) is 3.58. The third-order valence-electron chi connectivity index (χ3n) is 2.39. The van der Waals surface area contributed by atoms with Gasteiger partial charge in [0.1, 0.15) is 5.82 Å². The normalized spacial score (nSPS) is 10.4. The van der Waals surface area contributed by atoms with Gasteiger partial charge in [-0.25, -0.2) is 4.39 Å². The zero-order valence-corrected chi connectivity index (χ0v) is 11.5. The van der Waals surface area contributed by atoms with Crippen molar-refractivity contribution in [2.75, 3.05) is 32.7 Å². The first-order chi connectivity index (χ1) is 8.61. The summed E-state index contributed by atoms with van der Waals surface area (Å²) >= 11 is 11.4. The van der Waals surface area contributed by atoms with E-state index in [-0.39, 0.29) is 16.5 Å². The fourth-order valence-corrected chi connectivity index (χ4v) is 1.87. The van der Waals surface area contributed by atoms with Crippen LogP contribution in [0.3, 0.4) is 0 Å². The van der Waals surface area contributed by atoms with Crippen LogP contribution in [0.4, 0.5) is 4.39 Å². The number of amides is 1. The van der Waals surface area contributed by atoms with E-state index in [0.717, 1.165) is 0 Å². The molecule has 1 rings (SSSR count). The van der Waals surface area contributed by atoms with Gasteiger partial charge in [-0.2, -0.15) is 0 Å². The lowest BCUT2D eigenvalue weighted by Gasteiger charge is -2.21. The van der Waals surface area contributed by atoms with Gasteiger partial charge in [0, 0.05) is 26.1 Å². The van der Waals surface area contributed by atoms with Crippen LogP contribution in [-0.2, 0) is 4.74 Å². The van der Waals surface area contributed by atoms with Gasteiger partial charge in [0.25, 0.3) is 5.91 Å². The van der Waals surface area contributed by atoms with E-state index in [9.17, 15) is 9.18 Å². The Kier molecular flexibility index (Phi) is 6.39. The number of alkyl halides is 1. The molecule has 0 bridgehead atoms. The lowest BCUT2D eigenvalue weighted by Crippen LogP contribution is -2.35. The van der Waals surface area contributed by atoms with Crippen LogP contribution in [0.25, 0.3) is 0 Å². The van der Waals surface area contributed by atoms with Gasteiger partial charge in [0.15, 0.2) is 0 Å². The van der Waals surface area contributed by atoms with Crippen molar-refractivity contribution in [3.05, 3.63) is 34.6 Å². The predicted octanol–water partition coefficient (Wildman–Crippen LogP) is 2.81. The monoisotopic (exact) mass is 293 g/mol. The highest BCUT2D eigenvalue weighted by Crippen LogP contribution is 2.21. The van der Waals surface area contributed by atoms with Gasteiger partial charge >= 0.3 is 0 Å². The van der Waals surface area contributed by atoms with Crippen LogP contribution in [0.5, 0.6) is 0 Å². The fourth-order valence-electron chi connectivity index (χ4n) is 1.46. The summed E-state index contributed by atoms with van der Waals surface area (Å²) in [6.07, 6.45) is 0. The Balaban J connectivity index is 2.90. The first kappa shape index (κ1) is 15.2. The Morgan fingerprint density at radius 2 is 2.17 bits per heavy atom. The quantitative estimate of drug-likeness (QED) is 0.755. The van der Waals surface area contributed by atoms with Crippen LogP contribution < -0.4 is 0 Å². The largest absolute Gasteiger partial charge is 0.383 e. The molecule has 0 atom stereocenters. The molecule has 0 aliphatic heterocycles. The predicted molar refractivity (Wildman–Crippen MR) is 69.9 cm³/mol. The molecule has 0 fully saturated rings. The van der Waals surface area contributed by atoms with Gasteiger partial charge in [-0.15, -0.1) is 11.6 Å². The van der Waals surface area contributed by atoms with Crippen LogP contribution >= 0.6 is 23.2 Å². The van der Waals surface area contributed by atoms with Gasteiger partial charge in [-0.05, 0) is 12.1 Å². The summed E-state index contributed by atoms with van der Waals surface area (Å²) in [5, 5.41) is -0.167. The molecule has 100 valence electrons. The van der Waals surface area contributed by atoms with E-state index in [1.165, 1.54) is 23.1 Å². The number of ether oxygens (including phenoxy) is 1. The van der Waals surface area contributed by atoms with Crippen LogP contribution in [0.2, 0.25) is 5.02 Å². The van der Waals surface area contributed by atoms with E-state index < -0.39 is 5.82 Å². The van der Waals surface area contributed by atoms with Crippen LogP contribution in [0, 0.1) is 5.82 Å². The minimum absolute atomic E-state index is 0.137. The Morgan fingerprint density at radius 1 is 1.44 bits per heavy atom. The van der Waals surface area contributed by atoms with Crippen LogP contribution in [-0.4, -0.2) is 43.5 Å². The number of nitrogens with zero attached hydrogens (tertiary/aromatic N) is 1. The molecule has 1 aromatic rings. The highest BCUT2D eigenvalue weighted by molar-refractivity contribution is 6.34. The van der Waals surface area contributed by atoms with Crippen LogP contribution in [0.1, 0.15) is 10.4 Å². The number of carbonyl (C=O) groups excluding carboxylic acids is 1. The molecule has 0 radical (unpaired) electrons. The van der Waals surface area contributed by atoms with E-state index in [1.54, 1.807) is 7.11 Å². The number of carbonyl (C=O) groups is 1. The average Bonchev–Trinajstić information content (AvgIpc) is 2.37. The molecular weight excluding hydrogens is 280 g/mol. The molecular formula is C12H14Cl2FNO2. The Morgan fingerprint density at radius 3 is 2.78 bits per heavy atom. The van der Waals surface area contributed by atoms with Crippen molar-refractivity contribution in [3.63, 3.8) is 0 Å². The summed E-state index contributed by atoms with van der Waals surface area (Å²) in [6, 6.07) is 4.14. The highest BCUT2D eigenvalue weighted by Gasteiger charge is 2.19. The van der Waals surface area contributed by atoms with Crippen molar-refractivity contribution in [2.24, 2.45) is 0 Å². The van der Waals surface area contributed by atoms with Crippen molar-refractivity contribution >= 4 is 29.1 Å². The molecule has 0 spiro atoms.